The summed E-state index contributed by atoms with van der Waals surface area (Å²) in [5.41, 5.74) is 5.60. The summed E-state index contributed by atoms with van der Waals surface area (Å²) in [7, 11) is 0. The summed E-state index contributed by atoms with van der Waals surface area (Å²) in [5.74, 6) is 0.420. The van der Waals surface area contributed by atoms with Crippen LogP contribution in [0.4, 0.5) is 0 Å². The molecular formula is C12H26N2O2. The lowest BCUT2D eigenvalue weighted by molar-refractivity contribution is -0.126. The van der Waals surface area contributed by atoms with E-state index in [2.05, 4.69) is 19.2 Å². The van der Waals surface area contributed by atoms with Gasteiger partial charge in [0.25, 0.3) is 0 Å². The summed E-state index contributed by atoms with van der Waals surface area (Å²) in [6.45, 7) is 8.43. The van der Waals surface area contributed by atoms with E-state index >= 15 is 0 Å². The lowest BCUT2D eigenvalue weighted by Gasteiger charge is -2.23. The first-order chi connectivity index (χ1) is 7.42. The number of nitrogens with one attached hydrogen (secondary N) is 1. The minimum absolute atomic E-state index is 0.00370. The van der Waals surface area contributed by atoms with Gasteiger partial charge in [-0.05, 0) is 25.2 Å². The number of aliphatic hydroxyl groups is 1. The normalized spacial score (nSPS) is 16.9. The minimum Gasteiger partial charge on any atom is -0.396 e. The van der Waals surface area contributed by atoms with E-state index < -0.39 is 0 Å². The van der Waals surface area contributed by atoms with Gasteiger partial charge in [0.1, 0.15) is 0 Å². The highest BCUT2D eigenvalue weighted by molar-refractivity contribution is 5.79. The second kappa shape index (κ2) is 7.63. The van der Waals surface area contributed by atoms with Crippen molar-refractivity contribution < 1.29 is 9.90 Å². The molecule has 0 aliphatic carbocycles. The molecule has 0 saturated carbocycles. The van der Waals surface area contributed by atoms with Crippen molar-refractivity contribution >= 4 is 5.91 Å². The van der Waals surface area contributed by atoms with Crippen LogP contribution in [-0.4, -0.2) is 30.2 Å². The van der Waals surface area contributed by atoms with Crippen molar-refractivity contribution in [1.29, 1.82) is 0 Å². The number of carbonyl (C=O) groups is 1. The first kappa shape index (κ1) is 15.4. The van der Waals surface area contributed by atoms with Crippen LogP contribution in [0.15, 0.2) is 0 Å². The molecule has 0 saturated heterocycles. The van der Waals surface area contributed by atoms with Crippen LogP contribution < -0.4 is 11.1 Å². The fraction of sp³-hybridized carbons (Fsp3) is 0.917. The number of nitrogens with two attached hydrogens (primary N) is 1. The van der Waals surface area contributed by atoms with Crippen LogP contribution in [0.3, 0.4) is 0 Å². The number of amides is 1. The first-order valence-electron chi connectivity index (χ1n) is 6.03. The molecule has 0 aromatic heterocycles. The molecule has 16 heavy (non-hydrogen) atoms. The molecule has 0 aromatic rings. The average molecular weight is 230 g/mol. The Morgan fingerprint density at radius 3 is 2.25 bits per heavy atom. The molecule has 0 spiro atoms. The molecule has 0 fully saturated rings. The van der Waals surface area contributed by atoms with Gasteiger partial charge in [-0.2, -0.15) is 0 Å². The van der Waals surface area contributed by atoms with E-state index in [-0.39, 0.29) is 30.4 Å². The van der Waals surface area contributed by atoms with E-state index in [0.29, 0.717) is 12.5 Å². The summed E-state index contributed by atoms with van der Waals surface area (Å²) in [6.07, 6.45) is 0.808. The quantitative estimate of drug-likeness (QED) is 0.604. The average Bonchev–Trinajstić information content (AvgIpc) is 2.23. The number of hydrogen-bond donors (Lipinski definition) is 3. The van der Waals surface area contributed by atoms with E-state index in [1.165, 1.54) is 0 Å². The molecule has 0 aromatic carbocycles. The van der Waals surface area contributed by atoms with Crippen molar-refractivity contribution in [3.63, 3.8) is 0 Å². The molecule has 96 valence electrons. The highest BCUT2D eigenvalue weighted by atomic mass is 16.3. The second-order valence-corrected chi connectivity index (χ2v) is 5.02. The molecule has 0 bridgehead atoms. The van der Waals surface area contributed by atoms with Crippen molar-refractivity contribution in [2.45, 2.75) is 40.2 Å². The number of hydrogen-bond acceptors (Lipinski definition) is 3. The summed E-state index contributed by atoms with van der Waals surface area (Å²) in [5, 5.41) is 11.9. The molecule has 3 atom stereocenters. The molecule has 4 nitrogen and oxygen atoms in total. The Kier molecular flexibility index (Phi) is 7.34. The molecule has 1 amide bonds. The summed E-state index contributed by atoms with van der Waals surface area (Å²) >= 11 is 0. The van der Waals surface area contributed by atoms with Crippen molar-refractivity contribution in [2.24, 2.45) is 23.5 Å². The van der Waals surface area contributed by atoms with Gasteiger partial charge in [0.2, 0.25) is 5.91 Å². The Labute approximate surface area is 98.6 Å². The van der Waals surface area contributed by atoms with Gasteiger partial charge >= 0.3 is 0 Å². The van der Waals surface area contributed by atoms with E-state index in [9.17, 15) is 4.79 Å². The van der Waals surface area contributed by atoms with E-state index in [0.717, 1.165) is 6.42 Å². The van der Waals surface area contributed by atoms with Crippen LogP contribution in [0, 0.1) is 17.8 Å². The van der Waals surface area contributed by atoms with Crippen LogP contribution in [0.2, 0.25) is 0 Å². The van der Waals surface area contributed by atoms with E-state index in [1.54, 1.807) is 0 Å². The van der Waals surface area contributed by atoms with E-state index in [1.807, 2.05) is 13.8 Å². The maximum absolute atomic E-state index is 11.9. The van der Waals surface area contributed by atoms with Gasteiger partial charge in [0, 0.05) is 19.2 Å². The Bertz CT molecular complexity index is 207. The van der Waals surface area contributed by atoms with Crippen LogP contribution in [0.25, 0.3) is 0 Å². The van der Waals surface area contributed by atoms with Gasteiger partial charge in [-0.3, -0.25) is 4.79 Å². The van der Waals surface area contributed by atoms with Crippen molar-refractivity contribution in [2.75, 3.05) is 13.2 Å². The molecule has 4 heteroatoms. The smallest absolute Gasteiger partial charge is 0.224 e. The van der Waals surface area contributed by atoms with Gasteiger partial charge in [-0.15, -0.1) is 0 Å². The minimum atomic E-state index is -0.117. The zero-order valence-corrected chi connectivity index (χ0v) is 10.9. The number of carbonyl (C=O) groups excluding carboxylic acids is 1. The lowest BCUT2D eigenvalue weighted by Crippen LogP contribution is -2.43. The van der Waals surface area contributed by atoms with Crippen molar-refractivity contribution in [3.8, 4) is 0 Å². The number of aliphatic hydroxyl groups excluding tert-OH is 1. The molecule has 3 unspecified atom stereocenters. The third-order valence-electron chi connectivity index (χ3n) is 2.92. The molecule has 0 aliphatic heterocycles. The molecule has 4 N–H and O–H groups in total. The predicted octanol–water partition coefficient (Wildman–Crippen LogP) is 0.741. The molecule has 0 aliphatic rings. The van der Waals surface area contributed by atoms with Crippen LogP contribution in [0.1, 0.15) is 34.1 Å². The SMILES string of the molecule is CC(C)CC(CN)C(=O)NC(C)C(C)CO. The standard InChI is InChI=1S/C12H26N2O2/c1-8(2)5-11(6-13)12(16)14-10(4)9(3)7-15/h8-11,15H,5-7,13H2,1-4H3,(H,14,16). The number of rotatable bonds is 7. The van der Waals surface area contributed by atoms with Gasteiger partial charge in [-0.25, -0.2) is 0 Å². The fourth-order valence-electron chi connectivity index (χ4n) is 1.52. The van der Waals surface area contributed by atoms with Crippen LogP contribution in [-0.2, 0) is 4.79 Å². The van der Waals surface area contributed by atoms with Crippen molar-refractivity contribution in [1.82, 2.24) is 5.32 Å². The molecule has 0 rings (SSSR count). The molecule has 0 radical (unpaired) electrons. The third kappa shape index (κ3) is 5.47. The largest absolute Gasteiger partial charge is 0.396 e. The Hall–Kier alpha value is -0.610. The lowest BCUT2D eigenvalue weighted by atomic mass is 9.95. The predicted molar refractivity (Wildman–Crippen MR) is 65.9 cm³/mol. The molecular weight excluding hydrogens is 204 g/mol. The Balaban J connectivity index is 4.20. The fourth-order valence-corrected chi connectivity index (χ4v) is 1.52. The zero-order valence-electron chi connectivity index (χ0n) is 10.9. The van der Waals surface area contributed by atoms with Gasteiger partial charge in [-0.1, -0.05) is 20.8 Å². The zero-order chi connectivity index (χ0) is 12.7. The van der Waals surface area contributed by atoms with E-state index in [4.69, 9.17) is 10.8 Å². The monoisotopic (exact) mass is 230 g/mol. The highest BCUT2D eigenvalue weighted by Crippen LogP contribution is 2.11. The third-order valence-corrected chi connectivity index (χ3v) is 2.92. The first-order valence-corrected chi connectivity index (χ1v) is 6.03. The van der Waals surface area contributed by atoms with Gasteiger partial charge in [0.15, 0.2) is 0 Å². The van der Waals surface area contributed by atoms with Crippen molar-refractivity contribution in [3.05, 3.63) is 0 Å². The second-order valence-electron chi connectivity index (χ2n) is 5.02. The maximum Gasteiger partial charge on any atom is 0.224 e. The summed E-state index contributed by atoms with van der Waals surface area (Å²) in [6, 6.07) is -0.0151. The Morgan fingerprint density at radius 2 is 1.88 bits per heavy atom. The van der Waals surface area contributed by atoms with Crippen LogP contribution in [0.5, 0.6) is 0 Å². The van der Waals surface area contributed by atoms with Gasteiger partial charge in [0.05, 0.1) is 5.92 Å². The van der Waals surface area contributed by atoms with Crippen LogP contribution >= 0.6 is 0 Å². The summed E-state index contributed by atoms with van der Waals surface area (Å²) in [4.78, 5) is 11.9. The Morgan fingerprint density at radius 1 is 1.31 bits per heavy atom. The highest BCUT2D eigenvalue weighted by Gasteiger charge is 2.21. The summed E-state index contributed by atoms with van der Waals surface area (Å²) < 4.78 is 0. The van der Waals surface area contributed by atoms with Gasteiger partial charge < -0.3 is 16.2 Å². The maximum atomic E-state index is 11.9. The molecule has 0 heterocycles. The topological polar surface area (TPSA) is 75.4 Å².